The van der Waals surface area contributed by atoms with E-state index in [1.54, 1.807) is 30.5 Å². The molecule has 5 nitrogen and oxygen atoms in total. The first-order valence-corrected chi connectivity index (χ1v) is 6.30. The van der Waals surface area contributed by atoms with Gasteiger partial charge >= 0.3 is 0 Å². The molecule has 0 fully saturated rings. The van der Waals surface area contributed by atoms with Crippen LogP contribution in [-0.2, 0) is 11.3 Å². The van der Waals surface area contributed by atoms with Crippen LogP contribution in [0.3, 0.4) is 0 Å². The summed E-state index contributed by atoms with van der Waals surface area (Å²) in [5.41, 5.74) is 8.13. The topological polar surface area (TPSA) is 77.2 Å². The molecule has 1 aromatic carbocycles. The molecule has 0 saturated heterocycles. The second-order valence-electron chi connectivity index (χ2n) is 4.44. The van der Waals surface area contributed by atoms with Crippen molar-refractivity contribution < 1.29 is 9.53 Å². The van der Waals surface area contributed by atoms with E-state index in [9.17, 15) is 4.79 Å². The van der Waals surface area contributed by atoms with E-state index in [0.717, 1.165) is 11.3 Å². The SMILES string of the molecule is Cc1ccc(CNC(=O)COc2ccc(N)cc2)cn1. The number of aryl methyl sites for hydroxylation is 1. The van der Waals surface area contributed by atoms with Crippen molar-refractivity contribution in [2.75, 3.05) is 12.3 Å². The van der Waals surface area contributed by atoms with Crippen molar-refractivity contribution in [3.63, 3.8) is 0 Å². The number of hydrogen-bond donors (Lipinski definition) is 2. The number of nitrogens with zero attached hydrogens (tertiary/aromatic N) is 1. The lowest BCUT2D eigenvalue weighted by Gasteiger charge is -2.07. The van der Waals surface area contributed by atoms with E-state index in [1.165, 1.54) is 0 Å². The van der Waals surface area contributed by atoms with E-state index in [1.807, 2.05) is 19.1 Å². The third kappa shape index (κ3) is 4.28. The minimum atomic E-state index is -0.178. The van der Waals surface area contributed by atoms with Crippen molar-refractivity contribution in [3.8, 4) is 5.75 Å². The molecule has 1 heterocycles. The van der Waals surface area contributed by atoms with Gasteiger partial charge in [0.05, 0.1) is 0 Å². The van der Waals surface area contributed by atoms with Gasteiger partial charge in [0.25, 0.3) is 5.91 Å². The van der Waals surface area contributed by atoms with Crippen LogP contribution < -0.4 is 15.8 Å². The molecular formula is C15H17N3O2. The minimum Gasteiger partial charge on any atom is -0.484 e. The fraction of sp³-hybridized carbons (Fsp3) is 0.200. The van der Waals surface area contributed by atoms with Gasteiger partial charge in [0.15, 0.2) is 6.61 Å². The van der Waals surface area contributed by atoms with E-state index < -0.39 is 0 Å². The number of carbonyl (C=O) groups excluding carboxylic acids is 1. The van der Waals surface area contributed by atoms with Gasteiger partial charge in [0.2, 0.25) is 0 Å². The smallest absolute Gasteiger partial charge is 0.258 e. The van der Waals surface area contributed by atoms with Gasteiger partial charge in [-0.05, 0) is 42.8 Å². The summed E-state index contributed by atoms with van der Waals surface area (Å²) < 4.78 is 5.35. The largest absolute Gasteiger partial charge is 0.484 e. The normalized spacial score (nSPS) is 10.1. The molecule has 20 heavy (non-hydrogen) atoms. The number of carbonyl (C=O) groups is 1. The van der Waals surface area contributed by atoms with Crippen LogP contribution in [0.15, 0.2) is 42.6 Å². The molecule has 0 saturated carbocycles. The van der Waals surface area contributed by atoms with Crippen LogP contribution in [0.25, 0.3) is 0 Å². The zero-order valence-corrected chi connectivity index (χ0v) is 11.3. The number of rotatable bonds is 5. The van der Waals surface area contributed by atoms with Gasteiger partial charge in [-0.1, -0.05) is 6.07 Å². The minimum absolute atomic E-state index is 0.0246. The number of nitrogen functional groups attached to an aromatic ring is 1. The Bertz CT molecular complexity index is 513. The lowest BCUT2D eigenvalue weighted by atomic mass is 10.2. The predicted octanol–water partition coefficient (Wildman–Crippen LogP) is 1.67. The van der Waals surface area contributed by atoms with Crippen molar-refractivity contribution in [3.05, 3.63) is 53.9 Å². The fourth-order valence-electron chi connectivity index (χ4n) is 1.57. The highest BCUT2D eigenvalue weighted by Crippen LogP contribution is 2.12. The molecule has 0 bridgehead atoms. The fourth-order valence-corrected chi connectivity index (χ4v) is 1.57. The Morgan fingerprint density at radius 1 is 1.25 bits per heavy atom. The molecule has 5 heteroatoms. The highest BCUT2D eigenvalue weighted by molar-refractivity contribution is 5.77. The molecule has 2 aromatic rings. The lowest BCUT2D eigenvalue weighted by Crippen LogP contribution is -2.28. The summed E-state index contributed by atoms with van der Waals surface area (Å²) in [6.45, 7) is 2.34. The molecule has 0 aliphatic heterocycles. The molecule has 0 aliphatic carbocycles. The molecular weight excluding hydrogens is 254 g/mol. The second-order valence-corrected chi connectivity index (χ2v) is 4.44. The van der Waals surface area contributed by atoms with Crippen molar-refractivity contribution in [2.45, 2.75) is 13.5 Å². The van der Waals surface area contributed by atoms with E-state index in [-0.39, 0.29) is 12.5 Å². The molecule has 2 rings (SSSR count). The monoisotopic (exact) mass is 271 g/mol. The molecule has 1 amide bonds. The highest BCUT2D eigenvalue weighted by atomic mass is 16.5. The summed E-state index contributed by atoms with van der Waals surface area (Å²) in [5.74, 6) is 0.439. The first kappa shape index (κ1) is 13.9. The number of amides is 1. The Balaban J connectivity index is 1.75. The van der Waals surface area contributed by atoms with Gasteiger partial charge < -0.3 is 15.8 Å². The molecule has 0 spiro atoms. The van der Waals surface area contributed by atoms with Crippen LogP contribution in [0.2, 0.25) is 0 Å². The number of benzene rings is 1. The average molecular weight is 271 g/mol. The molecule has 0 atom stereocenters. The summed E-state index contributed by atoms with van der Waals surface area (Å²) in [5, 5.41) is 2.77. The highest BCUT2D eigenvalue weighted by Gasteiger charge is 2.03. The molecule has 0 aliphatic rings. The van der Waals surface area contributed by atoms with Crippen LogP contribution >= 0.6 is 0 Å². The quantitative estimate of drug-likeness (QED) is 0.811. The third-order valence-corrected chi connectivity index (χ3v) is 2.71. The van der Waals surface area contributed by atoms with Gasteiger partial charge in [-0.25, -0.2) is 0 Å². The number of pyridine rings is 1. The number of anilines is 1. The maximum atomic E-state index is 11.6. The van der Waals surface area contributed by atoms with Crippen LogP contribution in [0, 0.1) is 6.92 Å². The van der Waals surface area contributed by atoms with Crippen molar-refractivity contribution in [2.24, 2.45) is 0 Å². The summed E-state index contributed by atoms with van der Waals surface area (Å²) in [6.07, 6.45) is 1.75. The Morgan fingerprint density at radius 3 is 2.65 bits per heavy atom. The van der Waals surface area contributed by atoms with Crippen molar-refractivity contribution in [1.82, 2.24) is 10.3 Å². The van der Waals surface area contributed by atoms with Crippen LogP contribution in [0.1, 0.15) is 11.3 Å². The summed E-state index contributed by atoms with van der Waals surface area (Å²) >= 11 is 0. The van der Waals surface area contributed by atoms with Gasteiger partial charge in [0, 0.05) is 24.1 Å². The molecule has 1 aromatic heterocycles. The van der Waals surface area contributed by atoms with Crippen molar-refractivity contribution >= 4 is 11.6 Å². The third-order valence-electron chi connectivity index (χ3n) is 2.71. The summed E-state index contributed by atoms with van der Waals surface area (Å²) in [7, 11) is 0. The zero-order valence-electron chi connectivity index (χ0n) is 11.3. The summed E-state index contributed by atoms with van der Waals surface area (Å²) in [6, 6.07) is 10.8. The molecule has 0 radical (unpaired) electrons. The standard InChI is InChI=1S/C15H17N3O2/c1-11-2-3-12(8-17-11)9-18-15(19)10-20-14-6-4-13(16)5-7-14/h2-8H,9-10,16H2,1H3,(H,18,19). The predicted molar refractivity (Wildman–Crippen MR) is 77.2 cm³/mol. The van der Waals surface area contributed by atoms with Crippen LogP contribution in [0.5, 0.6) is 5.75 Å². The number of nitrogens with one attached hydrogen (secondary N) is 1. The molecule has 104 valence electrons. The second kappa shape index (κ2) is 6.56. The van der Waals surface area contributed by atoms with Crippen LogP contribution in [0.4, 0.5) is 5.69 Å². The first-order chi connectivity index (χ1) is 9.63. The number of aromatic nitrogens is 1. The zero-order chi connectivity index (χ0) is 14.4. The van der Waals surface area contributed by atoms with Gasteiger partial charge in [-0.3, -0.25) is 9.78 Å². The van der Waals surface area contributed by atoms with E-state index >= 15 is 0 Å². The van der Waals surface area contributed by atoms with Gasteiger partial charge in [0.1, 0.15) is 5.75 Å². The van der Waals surface area contributed by atoms with Gasteiger partial charge in [-0.15, -0.1) is 0 Å². The number of nitrogens with two attached hydrogens (primary N) is 1. The van der Waals surface area contributed by atoms with Gasteiger partial charge in [-0.2, -0.15) is 0 Å². The average Bonchev–Trinajstić information content (AvgIpc) is 2.46. The Kier molecular flexibility index (Phi) is 4.55. The Labute approximate surface area is 117 Å². The van der Waals surface area contributed by atoms with Crippen molar-refractivity contribution in [1.29, 1.82) is 0 Å². The van der Waals surface area contributed by atoms with E-state index in [0.29, 0.717) is 18.0 Å². The Hall–Kier alpha value is -2.56. The van der Waals surface area contributed by atoms with E-state index in [4.69, 9.17) is 10.5 Å². The molecule has 0 unspecified atom stereocenters. The summed E-state index contributed by atoms with van der Waals surface area (Å²) in [4.78, 5) is 15.8. The van der Waals surface area contributed by atoms with Crippen LogP contribution in [-0.4, -0.2) is 17.5 Å². The lowest BCUT2D eigenvalue weighted by molar-refractivity contribution is -0.123. The number of ether oxygens (including phenoxy) is 1. The number of hydrogen-bond acceptors (Lipinski definition) is 4. The first-order valence-electron chi connectivity index (χ1n) is 6.30. The van der Waals surface area contributed by atoms with E-state index in [2.05, 4.69) is 10.3 Å². The Morgan fingerprint density at radius 2 is 2.00 bits per heavy atom. The molecule has 3 N–H and O–H groups in total. The maximum absolute atomic E-state index is 11.6. The maximum Gasteiger partial charge on any atom is 0.258 e.